The van der Waals surface area contributed by atoms with Gasteiger partial charge in [-0.05, 0) is 56.5 Å². The van der Waals surface area contributed by atoms with E-state index in [-0.39, 0.29) is 0 Å². The summed E-state index contributed by atoms with van der Waals surface area (Å²) in [5, 5.41) is 7.12. The number of hydrazone groups is 1. The van der Waals surface area contributed by atoms with E-state index in [0.717, 1.165) is 39.9 Å². The quantitative estimate of drug-likeness (QED) is 0.345. The zero-order chi connectivity index (χ0) is 20.6. The fraction of sp³-hybridized carbons (Fsp3) is 0.304. The van der Waals surface area contributed by atoms with Crippen LogP contribution in [0.15, 0.2) is 46.9 Å². The first-order valence-electron chi connectivity index (χ1n) is 9.82. The second kappa shape index (κ2) is 10.1. The van der Waals surface area contributed by atoms with Gasteiger partial charge in [0.1, 0.15) is 0 Å². The van der Waals surface area contributed by atoms with Gasteiger partial charge in [-0.25, -0.2) is 4.98 Å². The van der Waals surface area contributed by atoms with Gasteiger partial charge in [0.25, 0.3) is 0 Å². The molecule has 0 atom stereocenters. The Balaban J connectivity index is 1.68. The summed E-state index contributed by atoms with van der Waals surface area (Å²) >= 11 is 1.53. The molecule has 3 rings (SSSR count). The molecular weight excluding hydrogens is 382 g/mol. The van der Waals surface area contributed by atoms with Gasteiger partial charge in [0.15, 0.2) is 11.5 Å². The molecule has 0 spiro atoms. The fourth-order valence-corrected chi connectivity index (χ4v) is 3.58. The third-order valence-electron chi connectivity index (χ3n) is 4.27. The van der Waals surface area contributed by atoms with Crippen LogP contribution in [-0.4, -0.2) is 24.4 Å². The van der Waals surface area contributed by atoms with Crippen molar-refractivity contribution in [3.05, 3.63) is 58.5 Å². The van der Waals surface area contributed by atoms with E-state index in [4.69, 9.17) is 9.47 Å². The van der Waals surface area contributed by atoms with Crippen LogP contribution in [0.3, 0.4) is 0 Å². The molecule has 0 aliphatic carbocycles. The lowest BCUT2D eigenvalue weighted by molar-refractivity contribution is 0.277. The van der Waals surface area contributed by atoms with Gasteiger partial charge in [0, 0.05) is 10.9 Å². The van der Waals surface area contributed by atoms with Crippen LogP contribution >= 0.6 is 11.3 Å². The highest BCUT2D eigenvalue weighted by Crippen LogP contribution is 2.29. The Morgan fingerprint density at radius 3 is 2.69 bits per heavy atom. The van der Waals surface area contributed by atoms with Crippen molar-refractivity contribution in [1.82, 2.24) is 4.98 Å². The maximum absolute atomic E-state index is 5.74. The summed E-state index contributed by atoms with van der Waals surface area (Å²) in [6.45, 7) is 9.50. The number of rotatable bonds is 9. The van der Waals surface area contributed by atoms with Crippen molar-refractivity contribution in [3.63, 3.8) is 0 Å². The highest BCUT2D eigenvalue weighted by atomic mass is 32.1. The Hall–Kier alpha value is -2.86. The minimum atomic E-state index is 0.585. The van der Waals surface area contributed by atoms with Crippen molar-refractivity contribution in [1.29, 1.82) is 0 Å². The van der Waals surface area contributed by atoms with Crippen molar-refractivity contribution in [2.45, 2.75) is 34.1 Å². The number of aryl methyl sites for hydroxylation is 2. The van der Waals surface area contributed by atoms with E-state index >= 15 is 0 Å². The SMILES string of the molecule is CCCOc1ccc(/C=N\Nc2nc(-c3ccc(C)cc3C)cs2)cc1OCC. The van der Waals surface area contributed by atoms with E-state index in [1.807, 2.05) is 30.5 Å². The molecular formula is C23H27N3O2S. The van der Waals surface area contributed by atoms with Crippen LogP contribution in [0.1, 0.15) is 37.0 Å². The van der Waals surface area contributed by atoms with Crippen molar-refractivity contribution in [2.75, 3.05) is 18.6 Å². The van der Waals surface area contributed by atoms with Crippen LogP contribution < -0.4 is 14.9 Å². The number of thiazole rings is 1. The Labute approximate surface area is 176 Å². The Bertz CT molecular complexity index is 982. The maximum Gasteiger partial charge on any atom is 0.203 e. The lowest BCUT2D eigenvalue weighted by atomic mass is 10.0. The zero-order valence-electron chi connectivity index (χ0n) is 17.4. The van der Waals surface area contributed by atoms with Crippen LogP contribution in [0, 0.1) is 13.8 Å². The van der Waals surface area contributed by atoms with Crippen LogP contribution in [0.25, 0.3) is 11.3 Å². The smallest absolute Gasteiger partial charge is 0.203 e. The molecule has 2 aromatic carbocycles. The molecule has 0 saturated carbocycles. The molecule has 1 aromatic heterocycles. The summed E-state index contributed by atoms with van der Waals surface area (Å²) in [5.41, 5.74) is 8.53. The van der Waals surface area contributed by atoms with Crippen LogP contribution in [0.5, 0.6) is 11.5 Å². The Morgan fingerprint density at radius 1 is 1.07 bits per heavy atom. The van der Waals surface area contributed by atoms with Crippen molar-refractivity contribution in [2.24, 2.45) is 5.10 Å². The lowest BCUT2D eigenvalue weighted by Gasteiger charge is -2.11. The van der Waals surface area contributed by atoms with Gasteiger partial charge in [-0.1, -0.05) is 30.7 Å². The van der Waals surface area contributed by atoms with E-state index in [1.54, 1.807) is 6.21 Å². The maximum atomic E-state index is 5.74. The molecule has 5 nitrogen and oxygen atoms in total. The van der Waals surface area contributed by atoms with Gasteiger partial charge >= 0.3 is 0 Å². The molecule has 6 heteroatoms. The standard InChI is InChI=1S/C23H27N3O2S/c1-5-11-28-21-10-8-18(13-22(21)27-6-2)14-24-26-23-25-20(15-29-23)19-9-7-16(3)12-17(19)4/h7-10,12-15H,5-6,11H2,1-4H3,(H,25,26)/b24-14-. The number of anilines is 1. The number of aromatic nitrogens is 1. The summed E-state index contributed by atoms with van der Waals surface area (Å²) in [7, 11) is 0. The van der Waals surface area contributed by atoms with Crippen molar-refractivity contribution >= 4 is 22.7 Å². The zero-order valence-corrected chi connectivity index (χ0v) is 18.2. The molecule has 1 heterocycles. The largest absolute Gasteiger partial charge is 0.490 e. The number of hydrogen-bond donors (Lipinski definition) is 1. The molecule has 0 aliphatic rings. The first-order valence-corrected chi connectivity index (χ1v) is 10.7. The number of nitrogens with one attached hydrogen (secondary N) is 1. The summed E-state index contributed by atoms with van der Waals surface area (Å²) in [6, 6.07) is 12.2. The van der Waals surface area contributed by atoms with E-state index in [0.29, 0.717) is 13.2 Å². The summed E-state index contributed by atoms with van der Waals surface area (Å²) in [4.78, 5) is 4.65. The van der Waals surface area contributed by atoms with Crippen LogP contribution in [-0.2, 0) is 0 Å². The molecule has 29 heavy (non-hydrogen) atoms. The van der Waals surface area contributed by atoms with Gasteiger partial charge in [0.05, 0.1) is 25.1 Å². The van der Waals surface area contributed by atoms with Gasteiger partial charge in [-0.2, -0.15) is 5.10 Å². The van der Waals surface area contributed by atoms with Crippen LogP contribution in [0.2, 0.25) is 0 Å². The molecule has 152 valence electrons. The first kappa shape index (κ1) is 20.9. The minimum absolute atomic E-state index is 0.585. The normalized spacial score (nSPS) is 11.0. The lowest BCUT2D eigenvalue weighted by Crippen LogP contribution is -2.00. The fourth-order valence-electron chi connectivity index (χ4n) is 2.92. The van der Waals surface area contributed by atoms with Gasteiger partial charge in [-0.3, -0.25) is 5.43 Å². The predicted octanol–water partition coefficient (Wildman–Crippen LogP) is 6.06. The monoisotopic (exact) mass is 409 g/mol. The molecule has 0 aliphatic heterocycles. The van der Waals surface area contributed by atoms with Crippen LogP contribution in [0.4, 0.5) is 5.13 Å². The molecule has 0 amide bonds. The third kappa shape index (κ3) is 5.57. The van der Waals surface area contributed by atoms with E-state index in [1.165, 1.54) is 22.5 Å². The molecule has 0 saturated heterocycles. The molecule has 0 radical (unpaired) electrons. The van der Waals surface area contributed by atoms with Crippen molar-refractivity contribution < 1.29 is 9.47 Å². The van der Waals surface area contributed by atoms with Gasteiger partial charge in [-0.15, -0.1) is 11.3 Å². The average Bonchev–Trinajstić information content (AvgIpc) is 3.16. The average molecular weight is 410 g/mol. The summed E-state index contributed by atoms with van der Waals surface area (Å²) in [5.74, 6) is 1.49. The molecule has 1 N–H and O–H groups in total. The van der Waals surface area contributed by atoms with Gasteiger partial charge in [0.2, 0.25) is 5.13 Å². The van der Waals surface area contributed by atoms with E-state index in [9.17, 15) is 0 Å². The van der Waals surface area contributed by atoms with E-state index in [2.05, 4.69) is 54.5 Å². The Morgan fingerprint density at radius 2 is 1.93 bits per heavy atom. The summed E-state index contributed by atoms with van der Waals surface area (Å²) in [6.07, 6.45) is 2.71. The molecule has 0 fully saturated rings. The predicted molar refractivity (Wildman–Crippen MR) is 122 cm³/mol. The first-order chi connectivity index (χ1) is 14.1. The number of benzene rings is 2. The van der Waals surface area contributed by atoms with Crippen molar-refractivity contribution in [3.8, 4) is 22.8 Å². The molecule has 3 aromatic rings. The topological polar surface area (TPSA) is 55.7 Å². The second-order valence-corrected chi connectivity index (χ2v) is 7.57. The third-order valence-corrected chi connectivity index (χ3v) is 5.01. The Kier molecular flexibility index (Phi) is 7.25. The number of ether oxygens (including phenoxy) is 2. The van der Waals surface area contributed by atoms with E-state index < -0.39 is 0 Å². The highest BCUT2D eigenvalue weighted by molar-refractivity contribution is 7.14. The molecule has 0 bridgehead atoms. The highest BCUT2D eigenvalue weighted by Gasteiger charge is 2.08. The van der Waals surface area contributed by atoms with Gasteiger partial charge < -0.3 is 9.47 Å². The molecule has 0 unspecified atom stereocenters. The second-order valence-electron chi connectivity index (χ2n) is 6.71. The minimum Gasteiger partial charge on any atom is -0.490 e. The number of hydrogen-bond acceptors (Lipinski definition) is 6. The number of nitrogens with zero attached hydrogens (tertiary/aromatic N) is 2. The summed E-state index contributed by atoms with van der Waals surface area (Å²) < 4.78 is 11.4.